The van der Waals surface area contributed by atoms with E-state index in [4.69, 9.17) is 0 Å². The van der Waals surface area contributed by atoms with E-state index in [1.54, 1.807) is 5.56 Å². The number of hydrogen-bond donors (Lipinski definition) is 1. The standard InChI is InChI=1S/C27H31NO/c1-18-14-19(2)23-8-5-6-20(25(23)15-18)16-27(29,22-10-11-22)17-21-12-13-28-26-9-4-3-7-24(21)26/h3-4,7,9,12-15,20,22,29H,5-6,8,10-11,16-17H2,1-2H3. The van der Waals surface area contributed by atoms with E-state index < -0.39 is 5.60 Å². The lowest BCUT2D eigenvalue weighted by Gasteiger charge is -2.36. The molecule has 0 saturated heterocycles. The van der Waals surface area contributed by atoms with Gasteiger partial charge in [0.1, 0.15) is 0 Å². The number of rotatable bonds is 5. The van der Waals surface area contributed by atoms with E-state index in [9.17, 15) is 5.11 Å². The molecule has 2 aliphatic carbocycles. The molecule has 2 aliphatic rings. The van der Waals surface area contributed by atoms with Gasteiger partial charge in [0.2, 0.25) is 0 Å². The third-order valence-corrected chi connectivity index (χ3v) is 7.24. The molecule has 0 amide bonds. The van der Waals surface area contributed by atoms with E-state index in [-0.39, 0.29) is 0 Å². The quantitative estimate of drug-likeness (QED) is 0.580. The molecule has 2 heteroatoms. The lowest BCUT2D eigenvalue weighted by molar-refractivity contribution is 0.00132. The van der Waals surface area contributed by atoms with Crippen molar-refractivity contribution in [2.75, 3.05) is 0 Å². The van der Waals surface area contributed by atoms with E-state index in [1.807, 2.05) is 12.3 Å². The van der Waals surface area contributed by atoms with Crippen LogP contribution in [0.5, 0.6) is 0 Å². The summed E-state index contributed by atoms with van der Waals surface area (Å²) in [6.07, 6.45) is 9.45. The van der Waals surface area contributed by atoms with Gasteiger partial charge in [0.25, 0.3) is 0 Å². The zero-order valence-electron chi connectivity index (χ0n) is 17.6. The van der Waals surface area contributed by atoms with Crippen molar-refractivity contribution in [3.63, 3.8) is 0 Å². The molecule has 0 radical (unpaired) electrons. The first-order valence-electron chi connectivity index (χ1n) is 11.2. The topological polar surface area (TPSA) is 33.1 Å². The van der Waals surface area contributed by atoms with Crippen LogP contribution in [0, 0.1) is 19.8 Å². The Balaban J connectivity index is 1.49. The predicted octanol–water partition coefficient (Wildman–Crippen LogP) is 6.05. The highest BCUT2D eigenvalue weighted by atomic mass is 16.3. The Morgan fingerprint density at radius 3 is 2.72 bits per heavy atom. The summed E-state index contributed by atoms with van der Waals surface area (Å²) in [7, 11) is 0. The smallest absolute Gasteiger partial charge is 0.0722 e. The minimum Gasteiger partial charge on any atom is -0.389 e. The number of aryl methyl sites for hydroxylation is 2. The van der Waals surface area contributed by atoms with Gasteiger partial charge in [-0.15, -0.1) is 0 Å². The highest BCUT2D eigenvalue weighted by molar-refractivity contribution is 5.81. The summed E-state index contributed by atoms with van der Waals surface area (Å²) in [6, 6.07) is 15.1. The molecule has 2 unspecified atom stereocenters. The molecule has 0 spiro atoms. The molecule has 1 N–H and O–H groups in total. The fourth-order valence-corrected chi connectivity index (χ4v) is 5.70. The van der Waals surface area contributed by atoms with Crippen LogP contribution in [-0.2, 0) is 12.8 Å². The van der Waals surface area contributed by atoms with Crippen molar-refractivity contribution >= 4 is 10.9 Å². The van der Waals surface area contributed by atoms with Crippen LogP contribution < -0.4 is 0 Å². The molecule has 0 aliphatic heterocycles. The van der Waals surface area contributed by atoms with Gasteiger partial charge in [0.15, 0.2) is 0 Å². The lowest BCUT2D eigenvalue weighted by Crippen LogP contribution is -2.37. The van der Waals surface area contributed by atoms with Gasteiger partial charge in [-0.3, -0.25) is 4.98 Å². The zero-order chi connectivity index (χ0) is 20.0. The van der Waals surface area contributed by atoms with E-state index in [0.717, 1.165) is 31.2 Å². The molecular formula is C27H31NO. The van der Waals surface area contributed by atoms with Gasteiger partial charge in [-0.1, -0.05) is 35.9 Å². The Hall–Kier alpha value is -2.19. The van der Waals surface area contributed by atoms with Crippen molar-refractivity contribution in [2.24, 2.45) is 5.92 Å². The summed E-state index contributed by atoms with van der Waals surface area (Å²) in [4.78, 5) is 4.52. The third kappa shape index (κ3) is 3.59. The van der Waals surface area contributed by atoms with E-state index >= 15 is 0 Å². The highest BCUT2D eigenvalue weighted by Gasteiger charge is 2.45. The van der Waals surface area contributed by atoms with Crippen molar-refractivity contribution in [3.05, 3.63) is 76.5 Å². The fraction of sp³-hybridized carbons (Fsp3) is 0.444. The summed E-state index contributed by atoms with van der Waals surface area (Å²) in [5, 5.41) is 13.1. The maximum Gasteiger partial charge on any atom is 0.0722 e. The van der Waals surface area contributed by atoms with Crippen LogP contribution in [0.3, 0.4) is 0 Å². The van der Waals surface area contributed by atoms with Gasteiger partial charge in [-0.05, 0) is 98.6 Å². The number of nitrogens with zero attached hydrogens (tertiary/aromatic N) is 1. The first-order valence-corrected chi connectivity index (χ1v) is 11.2. The zero-order valence-corrected chi connectivity index (χ0v) is 17.6. The lowest BCUT2D eigenvalue weighted by atomic mass is 9.72. The van der Waals surface area contributed by atoms with Gasteiger partial charge < -0.3 is 5.11 Å². The molecule has 2 atom stereocenters. The molecule has 3 aromatic rings. The van der Waals surface area contributed by atoms with E-state index in [0.29, 0.717) is 11.8 Å². The predicted molar refractivity (Wildman–Crippen MR) is 119 cm³/mol. The van der Waals surface area contributed by atoms with Crippen LogP contribution >= 0.6 is 0 Å². The number of benzene rings is 2. The minimum absolute atomic E-state index is 0.436. The van der Waals surface area contributed by atoms with Gasteiger partial charge >= 0.3 is 0 Å². The first kappa shape index (κ1) is 18.8. The Morgan fingerprint density at radius 1 is 1.07 bits per heavy atom. The Morgan fingerprint density at radius 2 is 1.90 bits per heavy atom. The van der Waals surface area contributed by atoms with Gasteiger partial charge in [0, 0.05) is 18.0 Å². The molecule has 29 heavy (non-hydrogen) atoms. The van der Waals surface area contributed by atoms with Crippen LogP contribution in [0.1, 0.15) is 65.8 Å². The normalized spacial score (nSPS) is 21.0. The maximum absolute atomic E-state index is 12.0. The molecule has 1 heterocycles. The Kier molecular flexibility index (Phi) is 4.70. The second-order valence-corrected chi connectivity index (χ2v) is 9.48. The van der Waals surface area contributed by atoms with Crippen molar-refractivity contribution in [1.82, 2.24) is 4.98 Å². The molecular weight excluding hydrogens is 354 g/mol. The summed E-state index contributed by atoms with van der Waals surface area (Å²) < 4.78 is 0. The van der Waals surface area contributed by atoms with Crippen molar-refractivity contribution < 1.29 is 5.11 Å². The molecule has 1 fully saturated rings. The SMILES string of the molecule is Cc1cc(C)c2c(c1)C(CC(O)(Cc1ccnc3ccccc13)C1CC1)CCC2. The summed E-state index contributed by atoms with van der Waals surface area (Å²) in [5.74, 6) is 0.904. The summed E-state index contributed by atoms with van der Waals surface area (Å²) in [6.45, 7) is 4.46. The maximum atomic E-state index is 12.0. The van der Waals surface area contributed by atoms with Crippen LogP contribution in [0.2, 0.25) is 0 Å². The summed E-state index contributed by atoms with van der Waals surface area (Å²) >= 11 is 0. The number of hydrogen-bond acceptors (Lipinski definition) is 2. The molecule has 1 aromatic heterocycles. The Labute approximate surface area is 174 Å². The monoisotopic (exact) mass is 385 g/mol. The number of pyridine rings is 1. The average Bonchev–Trinajstić information content (AvgIpc) is 3.55. The molecule has 2 aromatic carbocycles. The van der Waals surface area contributed by atoms with Crippen LogP contribution in [0.15, 0.2) is 48.7 Å². The number of aromatic nitrogens is 1. The fourth-order valence-electron chi connectivity index (χ4n) is 5.70. The minimum atomic E-state index is -0.624. The van der Waals surface area contributed by atoms with Crippen LogP contribution in [0.25, 0.3) is 10.9 Å². The molecule has 5 rings (SSSR count). The molecule has 2 nitrogen and oxygen atoms in total. The summed E-state index contributed by atoms with van der Waals surface area (Å²) in [5.41, 5.74) is 7.47. The molecule has 0 bridgehead atoms. The molecule has 1 saturated carbocycles. The highest BCUT2D eigenvalue weighted by Crippen LogP contribution is 2.49. The van der Waals surface area contributed by atoms with E-state index in [1.165, 1.54) is 46.9 Å². The third-order valence-electron chi connectivity index (χ3n) is 7.24. The van der Waals surface area contributed by atoms with Crippen molar-refractivity contribution in [3.8, 4) is 0 Å². The van der Waals surface area contributed by atoms with Crippen molar-refractivity contribution in [2.45, 2.75) is 70.3 Å². The second-order valence-electron chi connectivity index (χ2n) is 9.48. The van der Waals surface area contributed by atoms with Gasteiger partial charge in [-0.25, -0.2) is 0 Å². The number of aliphatic hydroxyl groups is 1. The second kappa shape index (κ2) is 7.25. The van der Waals surface area contributed by atoms with Gasteiger partial charge in [0.05, 0.1) is 11.1 Å². The largest absolute Gasteiger partial charge is 0.389 e. The van der Waals surface area contributed by atoms with Crippen molar-refractivity contribution in [1.29, 1.82) is 0 Å². The average molecular weight is 386 g/mol. The Bertz CT molecular complexity index is 1050. The number of para-hydroxylation sites is 1. The van der Waals surface area contributed by atoms with Crippen LogP contribution in [0.4, 0.5) is 0 Å². The van der Waals surface area contributed by atoms with Gasteiger partial charge in [-0.2, -0.15) is 0 Å². The molecule has 150 valence electrons. The number of fused-ring (bicyclic) bond motifs is 2. The first-order chi connectivity index (χ1) is 14.0. The van der Waals surface area contributed by atoms with E-state index in [2.05, 4.69) is 55.2 Å². The van der Waals surface area contributed by atoms with Crippen LogP contribution in [-0.4, -0.2) is 15.7 Å².